The highest BCUT2D eigenvalue weighted by Gasteiger charge is 2.24. The molecule has 0 spiro atoms. The Morgan fingerprint density at radius 2 is 2.21 bits per heavy atom. The highest BCUT2D eigenvalue weighted by atomic mass is 16.3. The molecule has 24 heavy (non-hydrogen) atoms. The Morgan fingerprint density at radius 3 is 3.04 bits per heavy atom. The molecule has 0 aliphatic carbocycles. The summed E-state index contributed by atoms with van der Waals surface area (Å²) < 4.78 is 7.90. The predicted molar refractivity (Wildman–Crippen MR) is 93.9 cm³/mol. The molecule has 5 nitrogen and oxygen atoms in total. The van der Waals surface area contributed by atoms with Gasteiger partial charge < -0.3 is 4.42 Å². The van der Waals surface area contributed by atoms with Crippen LogP contribution < -0.4 is 0 Å². The summed E-state index contributed by atoms with van der Waals surface area (Å²) in [5.41, 5.74) is 3.08. The van der Waals surface area contributed by atoms with Crippen molar-refractivity contribution in [3.8, 4) is 0 Å². The van der Waals surface area contributed by atoms with Gasteiger partial charge in [0.05, 0.1) is 12.7 Å². The third kappa shape index (κ3) is 3.36. The number of aryl methyl sites for hydroxylation is 2. The van der Waals surface area contributed by atoms with Crippen molar-refractivity contribution in [2.45, 2.75) is 45.2 Å². The average Bonchev–Trinajstić information content (AvgIpc) is 3.28. The van der Waals surface area contributed by atoms with Crippen LogP contribution in [0.1, 0.15) is 30.7 Å². The maximum atomic E-state index is 5.81. The maximum absolute atomic E-state index is 5.81. The topological polar surface area (TPSA) is 47.1 Å². The number of nitrogens with zero attached hydrogens (tertiary/aromatic N) is 4. The van der Waals surface area contributed by atoms with E-state index in [9.17, 15) is 0 Å². The van der Waals surface area contributed by atoms with Crippen LogP contribution in [0.15, 0.2) is 41.1 Å². The van der Waals surface area contributed by atoms with Crippen molar-refractivity contribution in [1.29, 1.82) is 0 Å². The van der Waals surface area contributed by atoms with Gasteiger partial charge in [-0.3, -0.25) is 9.58 Å². The number of likely N-dealkylation sites (tertiary alicyclic amines) is 1. The molecule has 1 atom stereocenters. The molecule has 5 heteroatoms. The lowest BCUT2D eigenvalue weighted by atomic mass is 10.2. The number of aromatic nitrogens is 3. The van der Waals surface area contributed by atoms with Crippen molar-refractivity contribution in [2.24, 2.45) is 0 Å². The number of benzene rings is 1. The van der Waals surface area contributed by atoms with Crippen LogP contribution >= 0.6 is 0 Å². The molecule has 2 aromatic heterocycles. The van der Waals surface area contributed by atoms with Crippen LogP contribution in [0.25, 0.3) is 11.1 Å². The first-order chi connectivity index (χ1) is 11.8. The first kappa shape index (κ1) is 15.4. The molecule has 3 heterocycles. The Hall–Kier alpha value is -2.14. The monoisotopic (exact) mass is 324 g/mol. The second kappa shape index (κ2) is 6.77. The SMILES string of the molecule is Cc1cnn(CC2CCCN2CCCc2nc3ccccc3o2)c1. The highest BCUT2D eigenvalue weighted by molar-refractivity contribution is 5.72. The fourth-order valence-corrected chi connectivity index (χ4v) is 3.64. The van der Waals surface area contributed by atoms with E-state index in [1.807, 2.05) is 30.5 Å². The van der Waals surface area contributed by atoms with Crippen molar-refractivity contribution in [3.63, 3.8) is 0 Å². The Morgan fingerprint density at radius 1 is 1.29 bits per heavy atom. The van der Waals surface area contributed by atoms with Crippen molar-refractivity contribution in [3.05, 3.63) is 48.1 Å². The van der Waals surface area contributed by atoms with Gasteiger partial charge in [-0.1, -0.05) is 12.1 Å². The van der Waals surface area contributed by atoms with Gasteiger partial charge in [-0.2, -0.15) is 5.10 Å². The standard InChI is InChI=1S/C19H24N4O/c1-15-12-20-23(13-15)14-16-6-4-10-22(16)11-5-9-19-21-17-7-2-3-8-18(17)24-19/h2-3,7-8,12-13,16H,4-6,9-11,14H2,1H3. The zero-order valence-electron chi connectivity index (χ0n) is 14.2. The zero-order valence-corrected chi connectivity index (χ0v) is 14.2. The van der Waals surface area contributed by atoms with Crippen molar-refractivity contribution in [2.75, 3.05) is 13.1 Å². The number of hydrogen-bond donors (Lipinski definition) is 0. The summed E-state index contributed by atoms with van der Waals surface area (Å²) in [5.74, 6) is 0.856. The zero-order chi connectivity index (χ0) is 16.4. The van der Waals surface area contributed by atoms with Crippen LogP contribution in [0.5, 0.6) is 0 Å². The summed E-state index contributed by atoms with van der Waals surface area (Å²) in [5, 5.41) is 4.43. The molecule has 1 aromatic carbocycles. The summed E-state index contributed by atoms with van der Waals surface area (Å²) in [6.07, 6.45) is 8.61. The second-order valence-corrected chi connectivity index (χ2v) is 6.75. The van der Waals surface area contributed by atoms with Gasteiger partial charge in [-0.05, 0) is 57.0 Å². The molecule has 1 saturated heterocycles. The van der Waals surface area contributed by atoms with E-state index in [0.29, 0.717) is 6.04 Å². The summed E-state index contributed by atoms with van der Waals surface area (Å²) in [6, 6.07) is 8.58. The fourth-order valence-electron chi connectivity index (χ4n) is 3.64. The van der Waals surface area contributed by atoms with Gasteiger partial charge in [0.2, 0.25) is 0 Å². The minimum absolute atomic E-state index is 0.605. The predicted octanol–water partition coefficient (Wildman–Crippen LogP) is 3.43. The molecule has 1 aliphatic rings. The second-order valence-electron chi connectivity index (χ2n) is 6.75. The van der Waals surface area contributed by atoms with Gasteiger partial charge >= 0.3 is 0 Å². The average molecular weight is 324 g/mol. The number of oxazole rings is 1. The highest BCUT2D eigenvalue weighted by Crippen LogP contribution is 2.20. The van der Waals surface area contributed by atoms with E-state index in [4.69, 9.17) is 4.42 Å². The quantitative estimate of drug-likeness (QED) is 0.697. The van der Waals surface area contributed by atoms with Gasteiger partial charge in [0.15, 0.2) is 11.5 Å². The van der Waals surface area contributed by atoms with E-state index in [1.165, 1.54) is 24.9 Å². The Balaban J connectivity index is 1.31. The third-order valence-electron chi connectivity index (χ3n) is 4.83. The molecule has 1 fully saturated rings. The van der Waals surface area contributed by atoms with Gasteiger partial charge in [0, 0.05) is 18.7 Å². The van der Waals surface area contributed by atoms with E-state index in [2.05, 4.69) is 32.8 Å². The first-order valence-corrected chi connectivity index (χ1v) is 8.85. The molecule has 4 rings (SSSR count). The first-order valence-electron chi connectivity index (χ1n) is 8.85. The fraction of sp³-hybridized carbons (Fsp3) is 0.474. The molecule has 1 unspecified atom stereocenters. The summed E-state index contributed by atoms with van der Waals surface area (Å²) in [4.78, 5) is 7.16. The Labute approximate surface area is 142 Å². The summed E-state index contributed by atoms with van der Waals surface area (Å²) in [7, 11) is 0. The van der Waals surface area contributed by atoms with Crippen LogP contribution in [-0.4, -0.2) is 38.8 Å². The lowest BCUT2D eigenvalue weighted by Crippen LogP contribution is -2.34. The normalized spacial score (nSPS) is 18.6. The minimum atomic E-state index is 0.605. The van der Waals surface area contributed by atoms with Gasteiger partial charge in [0.1, 0.15) is 5.52 Å². The minimum Gasteiger partial charge on any atom is -0.441 e. The third-order valence-corrected chi connectivity index (χ3v) is 4.83. The molecule has 0 bridgehead atoms. The van der Waals surface area contributed by atoms with E-state index < -0.39 is 0 Å². The molecule has 0 N–H and O–H groups in total. The van der Waals surface area contributed by atoms with Gasteiger partial charge in [0.25, 0.3) is 0 Å². The van der Waals surface area contributed by atoms with E-state index in [-0.39, 0.29) is 0 Å². The van der Waals surface area contributed by atoms with Crippen LogP contribution in [0, 0.1) is 6.92 Å². The number of fused-ring (bicyclic) bond motifs is 1. The molecular weight excluding hydrogens is 300 g/mol. The van der Waals surface area contributed by atoms with Crippen molar-refractivity contribution in [1.82, 2.24) is 19.7 Å². The van der Waals surface area contributed by atoms with Crippen LogP contribution in [0.2, 0.25) is 0 Å². The number of para-hydroxylation sites is 2. The van der Waals surface area contributed by atoms with Crippen LogP contribution in [0.3, 0.4) is 0 Å². The van der Waals surface area contributed by atoms with Crippen LogP contribution in [0.4, 0.5) is 0 Å². The maximum Gasteiger partial charge on any atom is 0.195 e. The Bertz CT molecular complexity index is 773. The molecule has 0 radical (unpaired) electrons. The number of rotatable bonds is 6. The van der Waals surface area contributed by atoms with E-state index in [1.54, 1.807) is 0 Å². The van der Waals surface area contributed by atoms with Gasteiger partial charge in [-0.25, -0.2) is 4.98 Å². The number of hydrogen-bond acceptors (Lipinski definition) is 4. The van der Waals surface area contributed by atoms with E-state index >= 15 is 0 Å². The molecule has 0 saturated carbocycles. The summed E-state index contributed by atoms with van der Waals surface area (Å²) in [6.45, 7) is 5.38. The van der Waals surface area contributed by atoms with Crippen molar-refractivity contribution >= 4 is 11.1 Å². The van der Waals surface area contributed by atoms with Crippen molar-refractivity contribution < 1.29 is 4.42 Å². The smallest absolute Gasteiger partial charge is 0.195 e. The lowest BCUT2D eigenvalue weighted by molar-refractivity contribution is 0.223. The van der Waals surface area contributed by atoms with E-state index in [0.717, 1.165) is 42.9 Å². The lowest BCUT2D eigenvalue weighted by Gasteiger charge is -2.24. The Kier molecular flexibility index (Phi) is 4.34. The van der Waals surface area contributed by atoms with Gasteiger partial charge in [-0.15, -0.1) is 0 Å². The molecule has 3 aromatic rings. The molecular formula is C19H24N4O. The molecule has 1 aliphatic heterocycles. The molecule has 0 amide bonds. The summed E-state index contributed by atoms with van der Waals surface area (Å²) >= 11 is 0. The largest absolute Gasteiger partial charge is 0.441 e. The van der Waals surface area contributed by atoms with Crippen LogP contribution in [-0.2, 0) is 13.0 Å². The molecule has 126 valence electrons.